The van der Waals surface area contributed by atoms with Crippen LogP contribution < -0.4 is 10.6 Å². The highest BCUT2D eigenvalue weighted by Crippen LogP contribution is 2.40. The van der Waals surface area contributed by atoms with Gasteiger partial charge in [-0.05, 0) is 31.4 Å². The van der Waals surface area contributed by atoms with Gasteiger partial charge in [0.15, 0.2) is 0 Å². The first kappa shape index (κ1) is 15.6. The number of aromatic nitrogens is 1. The molecule has 2 aliphatic rings. The van der Waals surface area contributed by atoms with Gasteiger partial charge in [-0.15, -0.1) is 11.3 Å². The van der Waals surface area contributed by atoms with Gasteiger partial charge in [-0.1, -0.05) is 25.0 Å². The number of anilines is 1. The highest BCUT2D eigenvalue weighted by atomic mass is 32.1. The minimum absolute atomic E-state index is 0.0302. The van der Waals surface area contributed by atoms with Gasteiger partial charge in [0.25, 0.3) is 0 Å². The Morgan fingerprint density at radius 2 is 2.21 bits per heavy atom. The molecule has 4 rings (SSSR count). The molecule has 5 nitrogen and oxygen atoms in total. The summed E-state index contributed by atoms with van der Waals surface area (Å²) >= 11 is 1.56. The maximum absolute atomic E-state index is 12.3. The molecule has 2 fully saturated rings. The van der Waals surface area contributed by atoms with E-state index in [4.69, 9.17) is 4.74 Å². The molecule has 1 spiro atoms. The fourth-order valence-corrected chi connectivity index (χ4v) is 4.33. The molecule has 0 radical (unpaired) electrons. The molecule has 0 bridgehead atoms. The maximum Gasteiger partial charge on any atom is 0.319 e. The number of thiazole rings is 1. The summed E-state index contributed by atoms with van der Waals surface area (Å²) in [5.74, 6) is 0. The fraction of sp³-hybridized carbons (Fsp3) is 0.444. The van der Waals surface area contributed by atoms with Gasteiger partial charge in [0.2, 0.25) is 0 Å². The summed E-state index contributed by atoms with van der Waals surface area (Å²) in [5.41, 5.74) is 4.54. The Morgan fingerprint density at radius 3 is 3.00 bits per heavy atom. The summed E-state index contributed by atoms with van der Waals surface area (Å²) < 4.78 is 5.98. The molecule has 1 aliphatic carbocycles. The number of hydrogen-bond donors (Lipinski definition) is 2. The molecule has 0 unspecified atom stereocenters. The lowest BCUT2D eigenvalue weighted by atomic mass is 9.96. The van der Waals surface area contributed by atoms with Gasteiger partial charge in [0, 0.05) is 16.6 Å². The molecule has 24 heavy (non-hydrogen) atoms. The Bertz CT molecular complexity index is 711. The molecule has 2 amide bonds. The third-order valence-corrected chi connectivity index (χ3v) is 5.49. The molecule has 1 atom stereocenters. The van der Waals surface area contributed by atoms with Gasteiger partial charge in [0.05, 0.1) is 29.5 Å². The quantitative estimate of drug-likeness (QED) is 0.884. The van der Waals surface area contributed by atoms with E-state index < -0.39 is 0 Å². The van der Waals surface area contributed by atoms with E-state index >= 15 is 0 Å². The Balaban J connectivity index is 1.36. The topological polar surface area (TPSA) is 63.2 Å². The van der Waals surface area contributed by atoms with Crippen molar-refractivity contribution in [3.8, 4) is 11.3 Å². The van der Waals surface area contributed by atoms with Gasteiger partial charge >= 0.3 is 6.03 Å². The monoisotopic (exact) mass is 343 g/mol. The largest absolute Gasteiger partial charge is 0.373 e. The van der Waals surface area contributed by atoms with Crippen LogP contribution in [0.2, 0.25) is 0 Å². The molecule has 1 aliphatic heterocycles. The number of urea groups is 1. The van der Waals surface area contributed by atoms with E-state index in [0.717, 1.165) is 36.2 Å². The van der Waals surface area contributed by atoms with Crippen LogP contribution in [0.3, 0.4) is 0 Å². The van der Waals surface area contributed by atoms with Crippen LogP contribution in [0.5, 0.6) is 0 Å². The van der Waals surface area contributed by atoms with Gasteiger partial charge in [-0.25, -0.2) is 9.78 Å². The highest BCUT2D eigenvalue weighted by Gasteiger charge is 2.42. The van der Waals surface area contributed by atoms with Gasteiger partial charge in [-0.3, -0.25) is 0 Å². The van der Waals surface area contributed by atoms with E-state index in [1.165, 1.54) is 12.8 Å². The molecule has 2 aromatic rings. The Labute approximate surface area is 145 Å². The van der Waals surface area contributed by atoms with Crippen molar-refractivity contribution in [3.05, 3.63) is 35.2 Å². The molecule has 1 aromatic carbocycles. The zero-order valence-electron chi connectivity index (χ0n) is 13.5. The van der Waals surface area contributed by atoms with Crippen molar-refractivity contribution in [1.82, 2.24) is 10.3 Å². The number of nitrogens with one attached hydrogen (secondary N) is 2. The first-order valence-electron chi connectivity index (χ1n) is 8.43. The lowest BCUT2D eigenvalue weighted by Gasteiger charge is -2.21. The molecule has 1 aromatic heterocycles. The number of carbonyl (C=O) groups is 1. The van der Waals surface area contributed by atoms with Crippen molar-refractivity contribution < 1.29 is 9.53 Å². The lowest BCUT2D eigenvalue weighted by Crippen LogP contribution is -2.39. The van der Waals surface area contributed by atoms with Crippen LogP contribution >= 0.6 is 11.3 Å². The first-order chi connectivity index (χ1) is 11.7. The predicted molar refractivity (Wildman–Crippen MR) is 95.3 cm³/mol. The summed E-state index contributed by atoms with van der Waals surface area (Å²) in [4.78, 5) is 16.6. The van der Waals surface area contributed by atoms with Gasteiger partial charge < -0.3 is 15.4 Å². The van der Waals surface area contributed by atoms with E-state index in [0.29, 0.717) is 6.61 Å². The van der Waals surface area contributed by atoms with E-state index in [9.17, 15) is 4.79 Å². The van der Waals surface area contributed by atoms with E-state index in [-0.39, 0.29) is 17.7 Å². The lowest BCUT2D eigenvalue weighted by molar-refractivity contribution is 0.00998. The molecular weight excluding hydrogens is 322 g/mol. The maximum atomic E-state index is 12.3. The van der Waals surface area contributed by atoms with Crippen molar-refractivity contribution in [1.29, 1.82) is 0 Å². The molecule has 1 saturated heterocycles. The number of rotatable bonds is 3. The number of ether oxygens (including phenoxy) is 1. The average molecular weight is 343 g/mol. The average Bonchev–Trinajstić information content (AvgIpc) is 3.32. The minimum atomic E-state index is -0.172. The molecule has 126 valence electrons. The summed E-state index contributed by atoms with van der Waals surface area (Å²) in [6.45, 7) is 0.617. The highest BCUT2D eigenvalue weighted by molar-refractivity contribution is 7.07. The van der Waals surface area contributed by atoms with Gasteiger partial charge in [0.1, 0.15) is 0 Å². The molecule has 1 saturated carbocycles. The zero-order chi connectivity index (χ0) is 16.4. The molecule has 2 heterocycles. The summed E-state index contributed by atoms with van der Waals surface area (Å²) in [7, 11) is 0. The standard InChI is InChI=1S/C18H21N3O2S/c22-17(21-15-9-18(23-10-15)6-1-2-7-18)20-14-5-3-4-13(8-14)16-11-24-12-19-16/h3-5,8,11-12,15H,1-2,6-7,9-10H2,(H2,20,21,22)/t15-/m1/s1. The second-order valence-electron chi connectivity index (χ2n) is 6.66. The van der Waals surface area contributed by atoms with E-state index in [1.807, 2.05) is 29.6 Å². The number of hydrogen-bond acceptors (Lipinski definition) is 4. The van der Waals surface area contributed by atoms with Crippen LogP contribution in [0.15, 0.2) is 35.2 Å². The fourth-order valence-electron chi connectivity index (χ4n) is 3.77. The summed E-state index contributed by atoms with van der Waals surface area (Å²) in [6, 6.07) is 7.68. The minimum Gasteiger partial charge on any atom is -0.373 e. The number of amides is 2. The summed E-state index contributed by atoms with van der Waals surface area (Å²) in [5, 5.41) is 7.96. The molecule has 2 N–H and O–H groups in total. The zero-order valence-corrected chi connectivity index (χ0v) is 14.3. The number of carbonyl (C=O) groups excluding carboxylic acids is 1. The number of benzene rings is 1. The van der Waals surface area contributed by atoms with E-state index in [2.05, 4.69) is 15.6 Å². The third kappa shape index (κ3) is 3.30. The normalized spacial score (nSPS) is 21.9. The van der Waals surface area contributed by atoms with Crippen molar-refractivity contribution in [2.75, 3.05) is 11.9 Å². The van der Waals surface area contributed by atoms with Crippen LogP contribution in [-0.2, 0) is 4.74 Å². The van der Waals surface area contributed by atoms with Crippen molar-refractivity contribution in [2.24, 2.45) is 0 Å². The summed E-state index contributed by atoms with van der Waals surface area (Å²) in [6.07, 6.45) is 5.66. The third-order valence-electron chi connectivity index (χ3n) is 4.91. The van der Waals surface area contributed by atoms with Gasteiger partial charge in [-0.2, -0.15) is 0 Å². The van der Waals surface area contributed by atoms with E-state index in [1.54, 1.807) is 16.8 Å². The second-order valence-corrected chi connectivity index (χ2v) is 7.37. The second kappa shape index (κ2) is 6.53. The first-order valence-corrected chi connectivity index (χ1v) is 9.37. The number of nitrogens with zero attached hydrogens (tertiary/aromatic N) is 1. The molecule has 6 heteroatoms. The van der Waals surface area contributed by atoms with Crippen molar-refractivity contribution in [2.45, 2.75) is 43.7 Å². The smallest absolute Gasteiger partial charge is 0.319 e. The van der Waals surface area contributed by atoms with Crippen LogP contribution in [0, 0.1) is 0 Å². The predicted octanol–water partition coefficient (Wildman–Crippen LogP) is 4.03. The SMILES string of the molecule is O=C(Nc1cccc(-c2cscn2)c1)N[C@H]1COC2(CCCC2)C1. The van der Waals surface area contributed by atoms with Crippen LogP contribution in [-0.4, -0.2) is 29.3 Å². The van der Waals surface area contributed by atoms with Crippen molar-refractivity contribution in [3.63, 3.8) is 0 Å². The Kier molecular flexibility index (Phi) is 4.24. The molecular formula is C18H21N3O2S. The van der Waals surface area contributed by atoms with Crippen LogP contribution in [0.4, 0.5) is 10.5 Å². The Hall–Kier alpha value is -1.92. The Morgan fingerprint density at radius 1 is 1.33 bits per heavy atom. The van der Waals surface area contributed by atoms with Crippen molar-refractivity contribution >= 4 is 23.1 Å². The van der Waals surface area contributed by atoms with Crippen LogP contribution in [0.25, 0.3) is 11.3 Å². The van der Waals surface area contributed by atoms with Crippen LogP contribution in [0.1, 0.15) is 32.1 Å².